The van der Waals surface area contributed by atoms with Crippen LogP contribution in [0.3, 0.4) is 0 Å². The second kappa shape index (κ2) is 6.42. The molecule has 0 aliphatic heterocycles. The van der Waals surface area contributed by atoms with Gasteiger partial charge in [0, 0.05) is 15.7 Å². The van der Waals surface area contributed by atoms with Gasteiger partial charge < -0.3 is 0 Å². The number of ketones is 1. The molecule has 1 aromatic rings. The van der Waals surface area contributed by atoms with Gasteiger partial charge in [0.15, 0.2) is 5.78 Å². The minimum Gasteiger partial charge on any atom is -0.295 e. The highest BCUT2D eigenvalue weighted by Gasteiger charge is 2.21. The number of carbonyl (C=O) groups excluding carboxylic acids is 1. The van der Waals surface area contributed by atoms with E-state index in [1.54, 1.807) is 6.92 Å². The van der Waals surface area contributed by atoms with Gasteiger partial charge >= 0.3 is 0 Å². The van der Waals surface area contributed by atoms with Crippen LogP contribution in [0.1, 0.15) is 56.3 Å². The van der Waals surface area contributed by atoms with Crippen LogP contribution in [0, 0.1) is 5.92 Å². The molecule has 18 heavy (non-hydrogen) atoms. The van der Waals surface area contributed by atoms with Crippen molar-refractivity contribution in [3.63, 3.8) is 0 Å². The van der Waals surface area contributed by atoms with Gasteiger partial charge in [0.25, 0.3) is 0 Å². The van der Waals surface area contributed by atoms with Crippen LogP contribution < -0.4 is 0 Å². The summed E-state index contributed by atoms with van der Waals surface area (Å²) in [7, 11) is 0. The third-order valence-corrected chi connectivity index (χ3v) is 5.18. The molecule has 1 fully saturated rings. The van der Waals surface area contributed by atoms with Crippen molar-refractivity contribution in [2.75, 3.05) is 0 Å². The quantitative estimate of drug-likeness (QED) is 0.714. The van der Waals surface area contributed by atoms with Crippen LogP contribution in [0.5, 0.6) is 0 Å². The molecule has 1 aromatic carbocycles. The Labute approximate surface area is 114 Å². The summed E-state index contributed by atoms with van der Waals surface area (Å²) in [5.41, 5.74) is 0.814. The summed E-state index contributed by atoms with van der Waals surface area (Å²) in [6.07, 6.45) is 6.81. The summed E-state index contributed by atoms with van der Waals surface area (Å²) in [4.78, 5) is 12.5. The van der Waals surface area contributed by atoms with E-state index in [4.69, 9.17) is 0 Å². The van der Waals surface area contributed by atoms with E-state index in [-0.39, 0.29) is 5.78 Å². The van der Waals surface area contributed by atoms with Crippen molar-refractivity contribution in [1.82, 2.24) is 0 Å². The molecule has 1 nitrogen and oxygen atoms in total. The lowest BCUT2D eigenvalue weighted by atomic mass is 9.87. The van der Waals surface area contributed by atoms with Crippen LogP contribution in [0.15, 0.2) is 29.2 Å². The molecule has 2 heteroatoms. The first-order valence-corrected chi connectivity index (χ1v) is 7.84. The van der Waals surface area contributed by atoms with E-state index in [0.29, 0.717) is 0 Å². The van der Waals surface area contributed by atoms with Crippen molar-refractivity contribution >= 4 is 17.5 Å². The molecule has 0 N–H and O–H groups in total. The highest BCUT2D eigenvalue weighted by Crippen LogP contribution is 2.37. The molecule has 2 rings (SSSR count). The molecular formula is C16H22OS. The smallest absolute Gasteiger partial charge is 0.159 e. The normalized spacial score (nSPS) is 23.9. The topological polar surface area (TPSA) is 17.1 Å². The van der Waals surface area contributed by atoms with Crippen LogP contribution in [-0.2, 0) is 0 Å². The number of hydrogen-bond donors (Lipinski definition) is 0. The van der Waals surface area contributed by atoms with Crippen molar-refractivity contribution in [1.29, 1.82) is 0 Å². The molecule has 0 aromatic heterocycles. The fourth-order valence-electron chi connectivity index (χ4n) is 2.68. The van der Waals surface area contributed by atoms with Gasteiger partial charge in [-0.1, -0.05) is 38.3 Å². The molecule has 0 saturated heterocycles. The van der Waals surface area contributed by atoms with Crippen molar-refractivity contribution in [2.24, 2.45) is 5.92 Å². The molecule has 0 spiro atoms. The van der Waals surface area contributed by atoms with Gasteiger partial charge in [-0.05, 0) is 37.8 Å². The molecular weight excluding hydrogens is 240 g/mol. The lowest BCUT2D eigenvalue weighted by Gasteiger charge is -2.27. The summed E-state index contributed by atoms with van der Waals surface area (Å²) >= 11 is 1.99. The lowest BCUT2D eigenvalue weighted by Crippen LogP contribution is -2.16. The SMILES string of the molecule is CCC1CCCC(Sc2ccc(C(C)=O)cc2)C1. The number of Topliss-reactive ketones (excluding diaryl/α,β-unsaturated/α-hetero) is 1. The summed E-state index contributed by atoms with van der Waals surface area (Å²) in [6.45, 7) is 3.93. The first-order chi connectivity index (χ1) is 8.69. The minimum absolute atomic E-state index is 0.148. The maximum absolute atomic E-state index is 11.2. The molecule has 0 radical (unpaired) electrons. The Bertz CT molecular complexity index is 396. The summed E-state index contributed by atoms with van der Waals surface area (Å²) < 4.78 is 0. The molecule has 0 amide bonds. The van der Waals surface area contributed by atoms with Crippen LogP contribution in [0.25, 0.3) is 0 Å². The maximum atomic E-state index is 11.2. The second-order valence-corrected chi connectivity index (χ2v) is 6.64. The fourth-order valence-corrected chi connectivity index (χ4v) is 4.01. The summed E-state index contributed by atoms with van der Waals surface area (Å²) in [5, 5.41) is 0.770. The summed E-state index contributed by atoms with van der Waals surface area (Å²) in [6, 6.07) is 8.09. The van der Waals surface area contributed by atoms with Gasteiger partial charge in [-0.15, -0.1) is 11.8 Å². The van der Waals surface area contributed by atoms with Gasteiger partial charge in [-0.25, -0.2) is 0 Å². The van der Waals surface area contributed by atoms with Crippen LogP contribution in [0.2, 0.25) is 0 Å². The van der Waals surface area contributed by atoms with E-state index < -0.39 is 0 Å². The van der Waals surface area contributed by atoms with Gasteiger partial charge in [-0.3, -0.25) is 4.79 Å². The predicted octanol–water partition coefficient (Wildman–Crippen LogP) is 4.95. The average molecular weight is 262 g/mol. The van der Waals surface area contributed by atoms with Crippen LogP contribution in [0.4, 0.5) is 0 Å². The minimum atomic E-state index is 0.148. The Hall–Kier alpha value is -0.760. The van der Waals surface area contributed by atoms with Crippen molar-refractivity contribution in [3.8, 4) is 0 Å². The Kier molecular flexibility index (Phi) is 4.87. The zero-order chi connectivity index (χ0) is 13.0. The number of hydrogen-bond acceptors (Lipinski definition) is 2. The highest BCUT2D eigenvalue weighted by atomic mass is 32.2. The number of thioether (sulfide) groups is 1. The van der Waals surface area contributed by atoms with E-state index in [9.17, 15) is 4.79 Å². The molecule has 2 atom stereocenters. The first-order valence-electron chi connectivity index (χ1n) is 6.96. The molecule has 1 saturated carbocycles. The van der Waals surface area contributed by atoms with Gasteiger partial charge in [0.05, 0.1) is 0 Å². The molecule has 1 aliphatic rings. The Morgan fingerprint density at radius 3 is 2.61 bits per heavy atom. The predicted molar refractivity (Wildman–Crippen MR) is 78.3 cm³/mol. The largest absolute Gasteiger partial charge is 0.295 e. The van der Waals surface area contributed by atoms with E-state index in [0.717, 1.165) is 16.7 Å². The van der Waals surface area contributed by atoms with Crippen molar-refractivity contribution < 1.29 is 4.79 Å². The average Bonchev–Trinajstić information content (AvgIpc) is 2.39. The zero-order valence-corrected chi connectivity index (χ0v) is 12.1. The molecule has 1 aliphatic carbocycles. The standard InChI is InChI=1S/C16H22OS/c1-3-13-5-4-6-16(11-13)18-15-9-7-14(8-10-15)12(2)17/h7-10,13,16H,3-6,11H2,1-2H3. The van der Waals surface area contributed by atoms with Crippen LogP contribution in [-0.4, -0.2) is 11.0 Å². The van der Waals surface area contributed by atoms with E-state index >= 15 is 0 Å². The third-order valence-electron chi connectivity index (χ3n) is 3.88. The molecule has 98 valence electrons. The Morgan fingerprint density at radius 2 is 2.00 bits per heavy atom. The number of rotatable bonds is 4. The first kappa shape index (κ1) is 13.7. The second-order valence-electron chi connectivity index (χ2n) is 5.26. The lowest BCUT2D eigenvalue weighted by molar-refractivity contribution is 0.101. The van der Waals surface area contributed by atoms with Gasteiger partial charge in [0.1, 0.15) is 0 Å². The van der Waals surface area contributed by atoms with Gasteiger partial charge in [0.2, 0.25) is 0 Å². The molecule has 0 bridgehead atoms. The summed E-state index contributed by atoms with van der Waals surface area (Å²) in [5.74, 6) is 1.07. The third kappa shape index (κ3) is 3.61. The van der Waals surface area contributed by atoms with E-state index in [2.05, 4.69) is 19.1 Å². The Morgan fingerprint density at radius 1 is 1.28 bits per heavy atom. The number of carbonyl (C=O) groups is 1. The van der Waals surface area contributed by atoms with E-state index in [1.807, 2.05) is 23.9 Å². The number of benzene rings is 1. The molecule has 0 heterocycles. The zero-order valence-electron chi connectivity index (χ0n) is 11.3. The van der Waals surface area contributed by atoms with Gasteiger partial charge in [-0.2, -0.15) is 0 Å². The van der Waals surface area contributed by atoms with Crippen molar-refractivity contribution in [2.45, 2.75) is 56.1 Å². The molecule has 2 unspecified atom stereocenters. The van der Waals surface area contributed by atoms with Crippen molar-refractivity contribution in [3.05, 3.63) is 29.8 Å². The highest BCUT2D eigenvalue weighted by molar-refractivity contribution is 8.00. The van der Waals surface area contributed by atoms with Crippen LogP contribution >= 0.6 is 11.8 Å². The fraction of sp³-hybridized carbons (Fsp3) is 0.562. The maximum Gasteiger partial charge on any atom is 0.159 e. The van der Waals surface area contributed by atoms with E-state index in [1.165, 1.54) is 37.0 Å². The Balaban J connectivity index is 1.94. The monoisotopic (exact) mass is 262 g/mol.